The Hall–Kier alpha value is -2.24. The summed E-state index contributed by atoms with van der Waals surface area (Å²) in [5.74, 6) is -0.576. The second kappa shape index (κ2) is 4.95. The average Bonchev–Trinajstić information content (AvgIpc) is 2.83. The van der Waals surface area contributed by atoms with Gasteiger partial charge in [0.05, 0.1) is 17.4 Å². The third kappa shape index (κ3) is 2.09. The van der Waals surface area contributed by atoms with E-state index in [4.69, 9.17) is 0 Å². The Labute approximate surface area is 102 Å². The zero-order chi connectivity index (χ0) is 13.1. The molecule has 18 heavy (non-hydrogen) atoms. The molecule has 1 amide bonds. The Morgan fingerprint density at radius 3 is 2.56 bits per heavy atom. The van der Waals surface area contributed by atoms with Gasteiger partial charge in [-0.15, -0.1) is 0 Å². The molecule has 6 heteroatoms. The predicted molar refractivity (Wildman–Crippen MR) is 61.9 cm³/mol. The van der Waals surface area contributed by atoms with Crippen LogP contribution in [-0.2, 0) is 0 Å². The van der Waals surface area contributed by atoms with Crippen LogP contribution in [0.25, 0.3) is 5.69 Å². The van der Waals surface area contributed by atoms with Gasteiger partial charge in [-0.05, 0) is 12.1 Å². The highest BCUT2D eigenvalue weighted by molar-refractivity contribution is 5.95. The molecule has 0 aliphatic carbocycles. The average molecular weight is 251 g/mol. The molecule has 0 fully saturated rings. The van der Waals surface area contributed by atoms with Crippen molar-refractivity contribution in [2.45, 2.75) is 6.43 Å². The quantitative estimate of drug-likeness (QED) is 0.908. The number of nitrogens with one attached hydrogen (secondary N) is 1. The lowest BCUT2D eigenvalue weighted by atomic mass is 10.2. The van der Waals surface area contributed by atoms with Crippen LogP contribution in [0.15, 0.2) is 36.5 Å². The van der Waals surface area contributed by atoms with Crippen molar-refractivity contribution in [3.05, 3.63) is 47.8 Å². The van der Waals surface area contributed by atoms with Crippen molar-refractivity contribution in [3.63, 3.8) is 0 Å². The number of carbonyl (C=O) groups is 1. The molecule has 2 rings (SSSR count). The van der Waals surface area contributed by atoms with Crippen LogP contribution in [0.2, 0.25) is 0 Å². The van der Waals surface area contributed by atoms with Gasteiger partial charge in [0.25, 0.3) is 12.3 Å². The zero-order valence-electron chi connectivity index (χ0n) is 9.60. The van der Waals surface area contributed by atoms with Gasteiger partial charge in [-0.1, -0.05) is 18.2 Å². The van der Waals surface area contributed by atoms with E-state index in [1.165, 1.54) is 7.05 Å². The summed E-state index contributed by atoms with van der Waals surface area (Å²) in [5.41, 5.74) is -0.0279. The molecule has 1 heterocycles. The van der Waals surface area contributed by atoms with Gasteiger partial charge in [0, 0.05) is 7.05 Å². The van der Waals surface area contributed by atoms with Crippen molar-refractivity contribution in [2.24, 2.45) is 0 Å². The van der Waals surface area contributed by atoms with Gasteiger partial charge in [0.1, 0.15) is 5.69 Å². The third-order valence-corrected chi connectivity index (χ3v) is 2.49. The monoisotopic (exact) mass is 251 g/mol. The van der Waals surface area contributed by atoms with Crippen LogP contribution in [0.4, 0.5) is 8.78 Å². The van der Waals surface area contributed by atoms with Crippen LogP contribution in [0, 0.1) is 0 Å². The summed E-state index contributed by atoms with van der Waals surface area (Å²) in [6.45, 7) is 0. The van der Waals surface area contributed by atoms with Crippen molar-refractivity contribution in [2.75, 3.05) is 7.05 Å². The minimum Gasteiger partial charge on any atom is -0.355 e. The number of alkyl halides is 2. The molecule has 0 saturated heterocycles. The largest absolute Gasteiger partial charge is 0.355 e. The molecule has 0 atom stereocenters. The van der Waals surface area contributed by atoms with Crippen molar-refractivity contribution in [1.29, 1.82) is 0 Å². The number of halogens is 2. The molecule has 0 unspecified atom stereocenters. The SMILES string of the molecule is CNC(=O)c1cnn(-c2ccccc2)c1C(F)F. The molecule has 0 radical (unpaired) electrons. The predicted octanol–water partition coefficient (Wildman–Crippen LogP) is 2.17. The van der Waals surface area contributed by atoms with E-state index < -0.39 is 18.0 Å². The van der Waals surface area contributed by atoms with Crippen LogP contribution in [0.5, 0.6) is 0 Å². The maximum atomic E-state index is 13.1. The normalized spacial score (nSPS) is 10.7. The number of amides is 1. The highest BCUT2D eigenvalue weighted by atomic mass is 19.3. The summed E-state index contributed by atoms with van der Waals surface area (Å²) in [6, 6.07) is 8.49. The number of hydrogen-bond acceptors (Lipinski definition) is 2. The highest BCUT2D eigenvalue weighted by Crippen LogP contribution is 2.25. The molecule has 0 saturated carbocycles. The molecule has 0 aliphatic heterocycles. The topological polar surface area (TPSA) is 46.9 Å². The Morgan fingerprint density at radius 2 is 2.00 bits per heavy atom. The van der Waals surface area contributed by atoms with E-state index in [0.29, 0.717) is 5.69 Å². The molecule has 4 nitrogen and oxygen atoms in total. The van der Waals surface area contributed by atoms with E-state index in [0.717, 1.165) is 10.9 Å². The fourth-order valence-corrected chi connectivity index (χ4v) is 1.65. The molecule has 1 N–H and O–H groups in total. The smallest absolute Gasteiger partial charge is 0.281 e. The van der Waals surface area contributed by atoms with E-state index in [1.807, 2.05) is 0 Å². The van der Waals surface area contributed by atoms with Gasteiger partial charge in [-0.2, -0.15) is 5.10 Å². The third-order valence-electron chi connectivity index (χ3n) is 2.49. The first-order chi connectivity index (χ1) is 8.65. The molecule has 0 aliphatic rings. The highest BCUT2D eigenvalue weighted by Gasteiger charge is 2.24. The zero-order valence-corrected chi connectivity index (χ0v) is 9.60. The van der Waals surface area contributed by atoms with Gasteiger partial charge < -0.3 is 5.32 Å². The fourth-order valence-electron chi connectivity index (χ4n) is 1.65. The Balaban J connectivity index is 2.56. The van der Waals surface area contributed by atoms with Crippen molar-refractivity contribution in [1.82, 2.24) is 15.1 Å². The van der Waals surface area contributed by atoms with E-state index in [2.05, 4.69) is 10.4 Å². The van der Waals surface area contributed by atoms with Crippen molar-refractivity contribution < 1.29 is 13.6 Å². The number of aromatic nitrogens is 2. The van der Waals surface area contributed by atoms with Crippen LogP contribution < -0.4 is 5.32 Å². The first-order valence-corrected chi connectivity index (χ1v) is 5.28. The van der Waals surface area contributed by atoms with Gasteiger partial charge in [0.2, 0.25) is 0 Å². The Kier molecular flexibility index (Phi) is 3.36. The van der Waals surface area contributed by atoms with Crippen LogP contribution in [0.3, 0.4) is 0 Å². The van der Waals surface area contributed by atoms with E-state index in [9.17, 15) is 13.6 Å². The first kappa shape index (κ1) is 12.2. The molecular weight excluding hydrogens is 240 g/mol. The minimum atomic E-state index is -2.78. The summed E-state index contributed by atoms with van der Waals surface area (Å²) in [4.78, 5) is 11.5. The maximum Gasteiger partial charge on any atom is 0.281 e. The van der Waals surface area contributed by atoms with E-state index >= 15 is 0 Å². The van der Waals surface area contributed by atoms with Crippen LogP contribution in [0.1, 0.15) is 22.5 Å². The molecule has 1 aromatic heterocycles. The minimum absolute atomic E-state index is 0.114. The van der Waals surface area contributed by atoms with Crippen LogP contribution in [-0.4, -0.2) is 22.7 Å². The lowest BCUT2D eigenvalue weighted by Gasteiger charge is -2.08. The first-order valence-electron chi connectivity index (χ1n) is 5.28. The second-order valence-electron chi connectivity index (χ2n) is 3.57. The summed E-state index contributed by atoms with van der Waals surface area (Å²) >= 11 is 0. The number of benzene rings is 1. The number of nitrogens with zero attached hydrogens (tertiary/aromatic N) is 2. The van der Waals surface area contributed by atoms with Gasteiger partial charge >= 0.3 is 0 Å². The van der Waals surface area contributed by atoms with Gasteiger partial charge in [-0.3, -0.25) is 4.79 Å². The summed E-state index contributed by atoms with van der Waals surface area (Å²) < 4.78 is 27.2. The lowest BCUT2D eigenvalue weighted by Crippen LogP contribution is -2.19. The molecule has 94 valence electrons. The summed E-state index contributed by atoms with van der Waals surface area (Å²) in [5, 5.41) is 6.17. The number of carbonyl (C=O) groups excluding carboxylic acids is 1. The van der Waals surface area contributed by atoms with Gasteiger partial charge in [-0.25, -0.2) is 13.5 Å². The Bertz CT molecular complexity index is 552. The number of hydrogen-bond donors (Lipinski definition) is 1. The number of para-hydroxylation sites is 1. The lowest BCUT2D eigenvalue weighted by molar-refractivity contribution is 0.0947. The molecule has 0 bridgehead atoms. The molecule has 0 spiro atoms. The number of rotatable bonds is 3. The summed E-state index contributed by atoms with van der Waals surface area (Å²) in [7, 11) is 1.39. The molecule has 1 aromatic carbocycles. The fraction of sp³-hybridized carbons (Fsp3) is 0.167. The van der Waals surface area contributed by atoms with E-state index in [1.54, 1.807) is 30.3 Å². The molecular formula is C12H11F2N3O. The van der Waals surface area contributed by atoms with E-state index in [-0.39, 0.29) is 5.56 Å². The second-order valence-corrected chi connectivity index (χ2v) is 3.57. The maximum absolute atomic E-state index is 13.1. The summed E-state index contributed by atoms with van der Waals surface area (Å²) in [6.07, 6.45) is -1.63. The Morgan fingerprint density at radius 1 is 1.33 bits per heavy atom. The molecule has 2 aromatic rings. The van der Waals surface area contributed by atoms with Crippen LogP contribution >= 0.6 is 0 Å². The van der Waals surface area contributed by atoms with Crippen molar-refractivity contribution >= 4 is 5.91 Å². The van der Waals surface area contributed by atoms with Crippen molar-refractivity contribution in [3.8, 4) is 5.69 Å². The van der Waals surface area contributed by atoms with Gasteiger partial charge in [0.15, 0.2) is 0 Å². The standard InChI is InChI=1S/C12H11F2N3O/c1-15-12(18)9-7-16-17(10(9)11(13)14)8-5-3-2-4-6-8/h2-7,11H,1H3,(H,15,18).